The zero-order valence-corrected chi connectivity index (χ0v) is 12.9. The first-order valence-corrected chi connectivity index (χ1v) is 7.73. The molecular weight excluding hydrogens is 262 g/mol. The van der Waals surface area contributed by atoms with E-state index >= 15 is 0 Å². The Morgan fingerprint density at radius 2 is 1.70 bits per heavy atom. The fourth-order valence-corrected chi connectivity index (χ4v) is 3.79. The molecule has 3 aromatic rings. The van der Waals surface area contributed by atoms with Crippen LogP contribution in [-0.2, 0) is 0 Å². The monoisotopic (exact) mass is 281 g/mol. The molecule has 0 bridgehead atoms. The maximum absolute atomic E-state index is 3.45. The highest BCUT2D eigenvalue weighted by atomic mass is 32.1. The van der Waals surface area contributed by atoms with Crippen LogP contribution in [0.4, 0.5) is 0 Å². The van der Waals surface area contributed by atoms with Crippen LogP contribution in [0.25, 0.3) is 10.8 Å². The molecule has 0 saturated heterocycles. The molecule has 1 aromatic heterocycles. The highest BCUT2D eigenvalue weighted by Gasteiger charge is 2.15. The average Bonchev–Trinajstić information content (AvgIpc) is 2.79. The number of benzene rings is 2. The fourth-order valence-electron chi connectivity index (χ4n) is 2.60. The zero-order chi connectivity index (χ0) is 14.1. The lowest BCUT2D eigenvalue weighted by Gasteiger charge is -2.15. The number of nitrogens with one attached hydrogen (secondary N) is 1. The summed E-state index contributed by atoms with van der Waals surface area (Å²) in [5.41, 5.74) is 2.71. The molecule has 3 rings (SSSR count). The summed E-state index contributed by atoms with van der Waals surface area (Å²) in [6, 6.07) is 17.8. The first kappa shape index (κ1) is 13.3. The molecule has 1 heterocycles. The van der Waals surface area contributed by atoms with Crippen LogP contribution in [0, 0.1) is 13.8 Å². The smallest absolute Gasteiger partial charge is 0.0669 e. The van der Waals surface area contributed by atoms with Gasteiger partial charge < -0.3 is 5.32 Å². The van der Waals surface area contributed by atoms with Crippen LogP contribution in [0.2, 0.25) is 0 Å². The van der Waals surface area contributed by atoms with Crippen molar-refractivity contribution in [2.24, 2.45) is 0 Å². The van der Waals surface area contributed by atoms with Crippen LogP contribution in [0.15, 0.2) is 48.5 Å². The number of fused-ring (bicyclic) bond motifs is 1. The van der Waals surface area contributed by atoms with E-state index in [-0.39, 0.29) is 6.04 Å². The molecule has 1 unspecified atom stereocenters. The molecule has 2 aromatic carbocycles. The highest BCUT2D eigenvalue weighted by molar-refractivity contribution is 7.12. The molecule has 0 spiro atoms. The minimum absolute atomic E-state index is 0.275. The molecule has 2 heteroatoms. The van der Waals surface area contributed by atoms with Crippen molar-refractivity contribution in [2.75, 3.05) is 7.05 Å². The third kappa shape index (κ3) is 2.37. The molecule has 20 heavy (non-hydrogen) atoms. The molecule has 0 amide bonds. The van der Waals surface area contributed by atoms with Crippen molar-refractivity contribution in [2.45, 2.75) is 19.9 Å². The van der Waals surface area contributed by atoms with Crippen molar-refractivity contribution in [1.29, 1.82) is 0 Å². The van der Waals surface area contributed by atoms with Crippen LogP contribution in [0.5, 0.6) is 0 Å². The van der Waals surface area contributed by atoms with Gasteiger partial charge in [-0.2, -0.15) is 0 Å². The molecule has 102 valence electrons. The van der Waals surface area contributed by atoms with Gasteiger partial charge in [-0.3, -0.25) is 0 Å². The van der Waals surface area contributed by atoms with E-state index in [1.165, 1.54) is 31.7 Å². The maximum atomic E-state index is 3.45. The normalized spacial score (nSPS) is 12.8. The standard InChI is InChI=1S/C18H19NS/c1-12-10-17(20-13(12)2)18(19-3)16-9-8-14-6-4-5-7-15(14)11-16/h4-11,18-19H,1-3H3. The Morgan fingerprint density at radius 3 is 2.35 bits per heavy atom. The van der Waals surface area contributed by atoms with Gasteiger partial charge in [0, 0.05) is 9.75 Å². The third-order valence-corrected chi connectivity index (χ3v) is 5.08. The maximum Gasteiger partial charge on any atom is 0.0669 e. The van der Waals surface area contributed by atoms with Crippen molar-refractivity contribution in [3.8, 4) is 0 Å². The van der Waals surface area contributed by atoms with Crippen LogP contribution < -0.4 is 5.32 Å². The average molecular weight is 281 g/mol. The second kappa shape index (κ2) is 5.39. The van der Waals surface area contributed by atoms with Crippen LogP contribution in [0.1, 0.15) is 26.9 Å². The number of rotatable bonds is 3. The van der Waals surface area contributed by atoms with Gasteiger partial charge >= 0.3 is 0 Å². The second-order valence-electron chi connectivity index (χ2n) is 5.22. The van der Waals surface area contributed by atoms with Gasteiger partial charge in [0.15, 0.2) is 0 Å². The van der Waals surface area contributed by atoms with Gasteiger partial charge in [-0.25, -0.2) is 0 Å². The highest BCUT2D eigenvalue weighted by Crippen LogP contribution is 2.31. The van der Waals surface area contributed by atoms with E-state index in [4.69, 9.17) is 0 Å². The van der Waals surface area contributed by atoms with Crippen LogP contribution in [-0.4, -0.2) is 7.05 Å². The van der Waals surface area contributed by atoms with E-state index in [1.807, 2.05) is 18.4 Å². The Labute approximate surface area is 124 Å². The number of hydrogen-bond donors (Lipinski definition) is 1. The summed E-state index contributed by atoms with van der Waals surface area (Å²) >= 11 is 1.88. The molecule has 0 fully saturated rings. The number of aryl methyl sites for hydroxylation is 2. The van der Waals surface area contributed by atoms with Crippen molar-refractivity contribution in [1.82, 2.24) is 5.32 Å². The van der Waals surface area contributed by atoms with Crippen LogP contribution >= 0.6 is 11.3 Å². The van der Waals surface area contributed by atoms with Gasteiger partial charge in [-0.1, -0.05) is 36.4 Å². The van der Waals surface area contributed by atoms with Gasteiger partial charge in [-0.15, -0.1) is 11.3 Å². The molecule has 0 aliphatic carbocycles. The summed E-state index contributed by atoms with van der Waals surface area (Å²) < 4.78 is 0. The van der Waals surface area contributed by atoms with Crippen molar-refractivity contribution >= 4 is 22.1 Å². The van der Waals surface area contributed by atoms with Crippen molar-refractivity contribution < 1.29 is 0 Å². The summed E-state index contributed by atoms with van der Waals surface area (Å²) in [6.45, 7) is 4.37. The largest absolute Gasteiger partial charge is 0.309 e. The van der Waals surface area contributed by atoms with Gasteiger partial charge in [0.05, 0.1) is 6.04 Å². The molecule has 0 aliphatic rings. The molecule has 1 atom stereocenters. The SMILES string of the molecule is CNC(c1ccc2ccccc2c1)c1cc(C)c(C)s1. The minimum Gasteiger partial charge on any atom is -0.309 e. The Kier molecular flexibility index (Phi) is 3.60. The van der Waals surface area contributed by atoms with Gasteiger partial charge in [0.1, 0.15) is 0 Å². The van der Waals surface area contributed by atoms with Crippen molar-refractivity contribution in [3.05, 3.63) is 69.4 Å². The Morgan fingerprint density at radius 1 is 0.950 bits per heavy atom. The van der Waals surface area contributed by atoms with E-state index < -0.39 is 0 Å². The summed E-state index contributed by atoms with van der Waals surface area (Å²) in [4.78, 5) is 2.79. The fraction of sp³-hybridized carbons (Fsp3) is 0.222. The van der Waals surface area contributed by atoms with Crippen LogP contribution in [0.3, 0.4) is 0 Å². The van der Waals surface area contributed by atoms with E-state index in [0.29, 0.717) is 0 Å². The second-order valence-corrected chi connectivity index (χ2v) is 6.50. The zero-order valence-electron chi connectivity index (χ0n) is 12.1. The number of hydrogen-bond acceptors (Lipinski definition) is 2. The van der Waals surface area contributed by atoms with E-state index in [0.717, 1.165) is 0 Å². The topological polar surface area (TPSA) is 12.0 Å². The molecule has 0 aliphatic heterocycles. The predicted octanol–water partition coefficient (Wildman–Crippen LogP) is 4.83. The third-order valence-electron chi connectivity index (χ3n) is 3.87. The van der Waals surface area contributed by atoms with Gasteiger partial charge in [0.2, 0.25) is 0 Å². The Balaban J connectivity index is 2.06. The first-order valence-electron chi connectivity index (χ1n) is 6.92. The van der Waals surface area contributed by atoms with E-state index in [9.17, 15) is 0 Å². The lowest BCUT2D eigenvalue weighted by atomic mass is 10.0. The molecule has 0 radical (unpaired) electrons. The van der Waals surface area contributed by atoms with E-state index in [1.54, 1.807) is 0 Å². The predicted molar refractivity (Wildman–Crippen MR) is 88.6 cm³/mol. The molecule has 1 N–H and O–H groups in total. The van der Waals surface area contributed by atoms with Crippen molar-refractivity contribution in [3.63, 3.8) is 0 Å². The lowest BCUT2D eigenvalue weighted by molar-refractivity contribution is 0.704. The minimum atomic E-state index is 0.275. The Hall–Kier alpha value is -1.64. The summed E-state index contributed by atoms with van der Waals surface area (Å²) in [6.07, 6.45) is 0. The molecule has 0 saturated carbocycles. The van der Waals surface area contributed by atoms with Gasteiger partial charge in [-0.05, 0) is 54.9 Å². The number of thiophene rings is 1. The first-order chi connectivity index (χ1) is 9.69. The quantitative estimate of drug-likeness (QED) is 0.725. The van der Waals surface area contributed by atoms with E-state index in [2.05, 4.69) is 67.7 Å². The lowest BCUT2D eigenvalue weighted by Crippen LogP contribution is -2.16. The molecule has 1 nitrogen and oxygen atoms in total. The Bertz CT molecular complexity index is 723. The molecular formula is C18H19NS. The summed E-state index contributed by atoms with van der Waals surface area (Å²) in [5.74, 6) is 0. The summed E-state index contributed by atoms with van der Waals surface area (Å²) in [5, 5.41) is 6.05. The van der Waals surface area contributed by atoms with Gasteiger partial charge in [0.25, 0.3) is 0 Å². The summed E-state index contributed by atoms with van der Waals surface area (Å²) in [7, 11) is 2.03.